The van der Waals surface area contributed by atoms with Crippen LogP contribution in [0.1, 0.15) is 36.5 Å². The van der Waals surface area contributed by atoms with Crippen LogP contribution in [0.15, 0.2) is 47.4 Å². The molecule has 2 aromatic rings. The van der Waals surface area contributed by atoms with Crippen molar-refractivity contribution in [2.24, 2.45) is 0 Å². The van der Waals surface area contributed by atoms with Gasteiger partial charge in [-0.25, -0.2) is 13.1 Å². The zero-order chi connectivity index (χ0) is 24.2. The first kappa shape index (κ1) is 25.7. The van der Waals surface area contributed by atoms with E-state index in [1.807, 2.05) is 0 Å². The summed E-state index contributed by atoms with van der Waals surface area (Å²) in [5.74, 6) is -0.793. The summed E-state index contributed by atoms with van der Waals surface area (Å²) in [6.07, 6.45) is -9.57. The summed E-state index contributed by atoms with van der Waals surface area (Å²) < 4.78 is 104. The second-order valence-electron chi connectivity index (χ2n) is 6.88. The van der Waals surface area contributed by atoms with E-state index in [9.17, 15) is 39.6 Å². The minimum atomic E-state index is -5.02. The van der Waals surface area contributed by atoms with Gasteiger partial charge < -0.3 is 5.32 Å². The van der Waals surface area contributed by atoms with Crippen LogP contribution < -0.4 is 10.0 Å². The number of carbonyl (C=O) groups excluding carboxylic acids is 1. The standard InChI is InChI=1S/C20H20F6N2O3S/c1-2-9-27-32(30,31)17-6-3-13(4-7-17)5-8-18(29)28-16-11-14(19(21,22)23)10-15(12-16)20(24,25)26/h3-4,6-7,10-12,27H,2,5,8-9H2,1H3,(H,28,29). The summed E-state index contributed by atoms with van der Waals surface area (Å²) in [5, 5.41) is 2.05. The number of aryl methyl sites for hydroxylation is 1. The molecule has 2 aromatic carbocycles. The SMILES string of the molecule is CCCNS(=O)(=O)c1ccc(CCC(=O)Nc2cc(C(F)(F)F)cc(C(F)(F)F)c2)cc1. The maximum atomic E-state index is 12.9. The fourth-order valence-electron chi connectivity index (χ4n) is 2.66. The van der Waals surface area contributed by atoms with Gasteiger partial charge in [0.05, 0.1) is 16.0 Å². The van der Waals surface area contributed by atoms with Crippen LogP contribution in [0.25, 0.3) is 0 Å². The number of alkyl halides is 6. The van der Waals surface area contributed by atoms with Gasteiger partial charge in [0, 0.05) is 18.7 Å². The zero-order valence-corrected chi connectivity index (χ0v) is 17.6. The Morgan fingerprint density at radius 1 is 0.906 bits per heavy atom. The Morgan fingerprint density at radius 3 is 1.91 bits per heavy atom. The lowest BCUT2D eigenvalue weighted by atomic mass is 10.1. The van der Waals surface area contributed by atoms with Gasteiger partial charge in [0.2, 0.25) is 15.9 Å². The first-order valence-corrected chi connectivity index (χ1v) is 10.9. The van der Waals surface area contributed by atoms with Gasteiger partial charge in [-0.1, -0.05) is 19.1 Å². The molecule has 0 aliphatic carbocycles. The Hall–Kier alpha value is -2.60. The van der Waals surface area contributed by atoms with Gasteiger partial charge in [0.1, 0.15) is 0 Å². The fraction of sp³-hybridized carbons (Fsp3) is 0.350. The number of hydrogen-bond acceptors (Lipinski definition) is 3. The number of nitrogens with one attached hydrogen (secondary N) is 2. The Bertz CT molecular complexity index is 1020. The number of rotatable bonds is 8. The number of hydrogen-bond donors (Lipinski definition) is 2. The molecule has 0 saturated heterocycles. The van der Waals surface area contributed by atoms with E-state index in [2.05, 4.69) is 10.0 Å². The number of anilines is 1. The monoisotopic (exact) mass is 482 g/mol. The largest absolute Gasteiger partial charge is 0.416 e. The van der Waals surface area contributed by atoms with E-state index in [1.54, 1.807) is 6.92 Å². The zero-order valence-electron chi connectivity index (χ0n) is 16.8. The molecular formula is C20H20F6N2O3S. The molecule has 0 saturated carbocycles. The van der Waals surface area contributed by atoms with Gasteiger partial charge in [-0.3, -0.25) is 4.79 Å². The summed E-state index contributed by atoms with van der Waals surface area (Å²) >= 11 is 0. The van der Waals surface area contributed by atoms with Gasteiger partial charge in [-0.05, 0) is 48.7 Å². The van der Waals surface area contributed by atoms with Gasteiger partial charge in [0.25, 0.3) is 0 Å². The van der Waals surface area contributed by atoms with Crippen LogP contribution in [-0.2, 0) is 33.6 Å². The molecule has 0 aromatic heterocycles. The van der Waals surface area contributed by atoms with E-state index in [-0.39, 0.29) is 30.3 Å². The highest BCUT2D eigenvalue weighted by Gasteiger charge is 2.37. The fourth-order valence-corrected chi connectivity index (χ4v) is 3.80. The smallest absolute Gasteiger partial charge is 0.326 e. The molecule has 5 nitrogen and oxygen atoms in total. The molecule has 0 atom stereocenters. The second-order valence-corrected chi connectivity index (χ2v) is 8.65. The summed E-state index contributed by atoms with van der Waals surface area (Å²) in [4.78, 5) is 12.1. The van der Waals surface area contributed by atoms with E-state index in [4.69, 9.17) is 0 Å². The molecule has 2 N–H and O–H groups in total. The predicted molar refractivity (Wildman–Crippen MR) is 105 cm³/mol. The van der Waals surface area contributed by atoms with Crippen molar-refractivity contribution < 1.29 is 39.6 Å². The van der Waals surface area contributed by atoms with Crippen molar-refractivity contribution >= 4 is 21.6 Å². The molecule has 12 heteroatoms. The average molecular weight is 482 g/mol. The highest BCUT2D eigenvalue weighted by Crippen LogP contribution is 2.37. The molecule has 32 heavy (non-hydrogen) atoms. The molecule has 176 valence electrons. The van der Waals surface area contributed by atoms with E-state index in [0.717, 1.165) is 0 Å². The molecule has 0 heterocycles. The van der Waals surface area contributed by atoms with E-state index in [0.29, 0.717) is 24.1 Å². The summed E-state index contributed by atoms with van der Waals surface area (Å²) in [6.45, 7) is 2.08. The lowest BCUT2D eigenvalue weighted by Crippen LogP contribution is -2.24. The highest BCUT2D eigenvalue weighted by atomic mass is 32.2. The van der Waals surface area contributed by atoms with Crippen LogP contribution in [0.4, 0.5) is 32.0 Å². The average Bonchev–Trinajstić information content (AvgIpc) is 2.69. The molecule has 0 aliphatic heterocycles. The Labute approximate surface area is 180 Å². The quantitative estimate of drug-likeness (QED) is 0.521. The molecule has 1 amide bonds. The Balaban J connectivity index is 2.07. The van der Waals surface area contributed by atoms with E-state index >= 15 is 0 Å². The molecule has 0 spiro atoms. The number of sulfonamides is 1. The van der Waals surface area contributed by atoms with Crippen molar-refractivity contribution in [3.05, 3.63) is 59.2 Å². The number of halogens is 6. The van der Waals surface area contributed by atoms with E-state index < -0.39 is 45.1 Å². The van der Waals surface area contributed by atoms with Crippen LogP contribution in [0, 0.1) is 0 Å². The van der Waals surface area contributed by atoms with Crippen LogP contribution in [0.5, 0.6) is 0 Å². The third kappa shape index (κ3) is 7.23. The topological polar surface area (TPSA) is 75.3 Å². The maximum Gasteiger partial charge on any atom is 0.416 e. The predicted octanol–water partition coefficient (Wildman–Crippen LogP) is 4.98. The summed E-state index contributed by atoms with van der Waals surface area (Å²) in [6, 6.07) is 6.45. The number of carbonyl (C=O) groups is 1. The minimum absolute atomic E-state index is 0.0272. The van der Waals surface area contributed by atoms with Gasteiger partial charge in [-0.15, -0.1) is 0 Å². The first-order valence-electron chi connectivity index (χ1n) is 9.40. The molecule has 0 aliphatic rings. The Kier molecular flexibility index (Phi) is 7.94. The van der Waals surface area contributed by atoms with Gasteiger partial charge >= 0.3 is 12.4 Å². The normalized spacial score (nSPS) is 12.6. The maximum absolute atomic E-state index is 12.9. The third-order valence-electron chi connectivity index (χ3n) is 4.29. The van der Waals surface area contributed by atoms with Crippen LogP contribution in [-0.4, -0.2) is 20.9 Å². The van der Waals surface area contributed by atoms with E-state index in [1.165, 1.54) is 24.3 Å². The number of amides is 1. The van der Waals surface area contributed by atoms with Gasteiger partial charge in [-0.2, -0.15) is 26.3 Å². The first-order chi connectivity index (χ1) is 14.7. The summed E-state index contributed by atoms with van der Waals surface area (Å²) in [7, 11) is -3.66. The lowest BCUT2D eigenvalue weighted by Gasteiger charge is -2.15. The highest BCUT2D eigenvalue weighted by molar-refractivity contribution is 7.89. The van der Waals surface area contributed by atoms with Crippen molar-refractivity contribution in [3.63, 3.8) is 0 Å². The molecule has 0 fully saturated rings. The Morgan fingerprint density at radius 2 is 1.44 bits per heavy atom. The van der Waals surface area contributed by atoms with Crippen molar-refractivity contribution in [2.45, 2.75) is 43.4 Å². The molecule has 0 unspecified atom stereocenters. The molecular weight excluding hydrogens is 462 g/mol. The third-order valence-corrected chi connectivity index (χ3v) is 5.76. The molecule has 2 rings (SSSR count). The van der Waals surface area contributed by atoms with Crippen molar-refractivity contribution in [3.8, 4) is 0 Å². The van der Waals surface area contributed by atoms with Crippen LogP contribution >= 0.6 is 0 Å². The second kappa shape index (κ2) is 9.90. The minimum Gasteiger partial charge on any atom is -0.326 e. The lowest BCUT2D eigenvalue weighted by molar-refractivity contribution is -0.143. The van der Waals surface area contributed by atoms with Crippen LogP contribution in [0.2, 0.25) is 0 Å². The van der Waals surface area contributed by atoms with Gasteiger partial charge in [0.15, 0.2) is 0 Å². The van der Waals surface area contributed by atoms with Crippen LogP contribution in [0.3, 0.4) is 0 Å². The summed E-state index contributed by atoms with van der Waals surface area (Å²) in [5.41, 5.74) is -3.12. The molecule has 0 radical (unpaired) electrons. The van der Waals surface area contributed by atoms with Crippen molar-refractivity contribution in [1.82, 2.24) is 4.72 Å². The molecule has 0 bridgehead atoms. The van der Waals surface area contributed by atoms with Crippen molar-refractivity contribution in [2.75, 3.05) is 11.9 Å². The van der Waals surface area contributed by atoms with Crippen molar-refractivity contribution in [1.29, 1.82) is 0 Å². The number of benzene rings is 2.